The maximum atomic E-state index is 10.9. The van der Waals surface area contributed by atoms with Gasteiger partial charge in [-0.15, -0.1) is 0 Å². The lowest BCUT2D eigenvalue weighted by atomic mass is 10.1. The Morgan fingerprint density at radius 1 is 1.50 bits per heavy atom. The van der Waals surface area contributed by atoms with Gasteiger partial charge >= 0.3 is 0 Å². The van der Waals surface area contributed by atoms with Gasteiger partial charge < -0.3 is 10.2 Å². The van der Waals surface area contributed by atoms with E-state index in [-0.39, 0.29) is 10.6 Å². The summed E-state index contributed by atoms with van der Waals surface area (Å²) in [6, 6.07) is 7.51. The van der Waals surface area contributed by atoms with Crippen molar-refractivity contribution in [1.82, 2.24) is 10.2 Å². The maximum absolute atomic E-state index is 10.9. The van der Waals surface area contributed by atoms with Gasteiger partial charge in [-0.1, -0.05) is 18.2 Å². The summed E-state index contributed by atoms with van der Waals surface area (Å²) in [6.07, 6.45) is 0.740. The molecule has 1 N–H and O–H groups in total. The smallest absolute Gasteiger partial charge is 0.272 e. The molecule has 0 saturated carbocycles. The van der Waals surface area contributed by atoms with E-state index in [1.165, 1.54) is 0 Å². The zero-order valence-corrected chi connectivity index (χ0v) is 10.6. The normalized spacial score (nSPS) is 20.8. The van der Waals surface area contributed by atoms with Gasteiger partial charge in [0, 0.05) is 43.9 Å². The quantitative estimate of drug-likeness (QED) is 0.648. The Hall–Kier alpha value is -1.46. The Kier molecular flexibility index (Phi) is 4.28. The molecule has 1 aliphatic rings. The number of hydrogen-bond donors (Lipinski definition) is 1. The number of piperazine rings is 1. The minimum atomic E-state index is -0.296. The molecule has 0 bridgehead atoms. The van der Waals surface area contributed by atoms with Crippen molar-refractivity contribution < 1.29 is 4.92 Å². The van der Waals surface area contributed by atoms with Crippen LogP contribution in [0.1, 0.15) is 12.5 Å². The molecule has 1 aromatic rings. The fourth-order valence-corrected chi connectivity index (χ4v) is 2.39. The van der Waals surface area contributed by atoms with E-state index in [1.807, 2.05) is 12.1 Å². The van der Waals surface area contributed by atoms with E-state index in [4.69, 9.17) is 0 Å². The topological polar surface area (TPSA) is 58.4 Å². The van der Waals surface area contributed by atoms with Crippen LogP contribution in [0.4, 0.5) is 5.69 Å². The number of nitrogens with zero attached hydrogens (tertiary/aromatic N) is 2. The van der Waals surface area contributed by atoms with Crippen molar-refractivity contribution in [2.45, 2.75) is 19.4 Å². The molecule has 0 unspecified atom stereocenters. The summed E-state index contributed by atoms with van der Waals surface area (Å²) in [5, 5.41) is 14.3. The molecule has 1 atom stereocenters. The number of benzene rings is 1. The van der Waals surface area contributed by atoms with E-state index in [1.54, 1.807) is 12.1 Å². The summed E-state index contributed by atoms with van der Waals surface area (Å²) in [5.74, 6) is 0. The van der Waals surface area contributed by atoms with Gasteiger partial charge in [-0.05, 0) is 13.3 Å². The highest BCUT2D eigenvalue weighted by Crippen LogP contribution is 2.18. The fraction of sp³-hybridized carbons (Fsp3) is 0.538. The number of nitro groups is 1. The van der Waals surface area contributed by atoms with Crippen LogP contribution in [-0.2, 0) is 6.42 Å². The van der Waals surface area contributed by atoms with Crippen molar-refractivity contribution in [2.75, 3.05) is 26.2 Å². The second kappa shape index (κ2) is 5.93. The van der Waals surface area contributed by atoms with Crippen LogP contribution in [0.2, 0.25) is 0 Å². The van der Waals surface area contributed by atoms with Crippen molar-refractivity contribution >= 4 is 5.69 Å². The van der Waals surface area contributed by atoms with Crippen LogP contribution in [0, 0.1) is 10.1 Å². The third kappa shape index (κ3) is 3.27. The summed E-state index contributed by atoms with van der Waals surface area (Å²) >= 11 is 0. The van der Waals surface area contributed by atoms with Gasteiger partial charge in [0.15, 0.2) is 0 Å². The first-order chi connectivity index (χ1) is 8.66. The second-order valence-corrected chi connectivity index (χ2v) is 4.79. The van der Waals surface area contributed by atoms with Crippen molar-refractivity contribution in [1.29, 1.82) is 0 Å². The summed E-state index contributed by atoms with van der Waals surface area (Å²) in [5.41, 5.74) is 1.06. The van der Waals surface area contributed by atoms with Crippen LogP contribution in [-0.4, -0.2) is 42.0 Å². The number of nitrogens with one attached hydrogen (secondary N) is 1. The molecule has 0 amide bonds. The molecule has 98 valence electrons. The zero-order valence-electron chi connectivity index (χ0n) is 10.6. The molecule has 0 aromatic heterocycles. The SMILES string of the molecule is C[C@@H]1CN(CCc2ccccc2[N+](=O)[O-])CCN1. The molecular formula is C13H19N3O2. The predicted octanol–water partition coefficient (Wildman–Crippen LogP) is 1.43. The monoisotopic (exact) mass is 249 g/mol. The summed E-state index contributed by atoms with van der Waals surface area (Å²) in [4.78, 5) is 13.0. The highest BCUT2D eigenvalue weighted by atomic mass is 16.6. The second-order valence-electron chi connectivity index (χ2n) is 4.79. The highest BCUT2D eigenvalue weighted by Gasteiger charge is 2.17. The zero-order chi connectivity index (χ0) is 13.0. The van der Waals surface area contributed by atoms with Crippen molar-refractivity contribution in [2.24, 2.45) is 0 Å². The predicted molar refractivity (Wildman–Crippen MR) is 70.7 cm³/mol. The fourth-order valence-electron chi connectivity index (χ4n) is 2.39. The van der Waals surface area contributed by atoms with Crippen molar-refractivity contribution in [3.8, 4) is 0 Å². The molecule has 5 nitrogen and oxygen atoms in total. The summed E-state index contributed by atoms with van der Waals surface area (Å²) < 4.78 is 0. The van der Waals surface area contributed by atoms with E-state index in [9.17, 15) is 10.1 Å². The third-order valence-corrected chi connectivity index (χ3v) is 3.34. The molecule has 5 heteroatoms. The molecule has 1 aliphatic heterocycles. The molecule has 0 radical (unpaired) electrons. The highest BCUT2D eigenvalue weighted by molar-refractivity contribution is 5.39. The lowest BCUT2D eigenvalue weighted by Crippen LogP contribution is -2.49. The van der Waals surface area contributed by atoms with Crippen LogP contribution in [0.15, 0.2) is 24.3 Å². The molecule has 1 aromatic carbocycles. The Balaban J connectivity index is 1.95. The molecule has 1 saturated heterocycles. The van der Waals surface area contributed by atoms with E-state index >= 15 is 0 Å². The van der Waals surface area contributed by atoms with Crippen molar-refractivity contribution in [3.05, 3.63) is 39.9 Å². The molecule has 1 heterocycles. The minimum Gasteiger partial charge on any atom is -0.312 e. The average molecular weight is 249 g/mol. The van der Waals surface area contributed by atoms with Gasteiger partial charge in [-0.2, -0.15) is 0 Å². The molecule has 0 aliphatic carbocycles. The Morgan fingerprint density at radius 3 is 3.00 bits per heavy atom. The van der Waals surface area contributed by atoms with Crippen LogP contribution in [0.25, 0.3) is 0 Å². The van der Waals surface area contributed by atoms with E-state index in [2.05, 4.69) is 17.1 Å². The van der Waals surface area contributed by atoms with Crippen LogP contribution >= 0.6 is 0 Å². The standard InChI is InChI=1S/C13H19N3O2/c1-11-10-15(9-7-14-11)8-6-12-4-2-3-5-13(12)16(17)18/h2-5,11,14H,6-10H2,1H3/t11-/m1/s1. The number of para-hydroxylation sites is 1. The lowest BCUT2D eigenvalue weighted by molar-refractivity contribution is -0.385. The van der Waals surface area contributed by atoms with Gasteiger partial charge in [0.1, 0.15) is 0 Å². The molecule has 2 rings (SSSR count). The van der Waals surface area contributed by atoms with Gasteiger partial charge in [0.05, 0.1) is 4.92 Å². The van der Waals surface area contributed by atoms with E-state index in [0.29, 0.717) is 6.04 Å². The average Bonchev–Trinajstić information content (AvgIpc) is 2.37. The summed E-state index contributed by atoms with van der Waals surface area (Å²) in [6.45, 7) is 6.08. The largest absolute Gasteiger partial charge is 0.312 e. The lowest BCUT2D eigenvalue weighted by Gasteiger charge is -2.31. The van der Waals surface area contributed by atoms with E-state index < -0.39 is 0 Å². The Morgan fingerprint density at radius 2 is 2.28 bits per heavy atom. The van der Waals surface area contributed by atoms with Crippen LogP contribution in [0.5, 0.6) is 0 Å². The number of nitro benzene ring substituents is 1. The first-order valence-corrected chi connectivity index (χ1v) is 6.35. The molecular weight excluding hydrogens is 230 g/mol. The molecule has 18 heavy (non-hydrogen) atoms. The van der Waals surface area contributed by atoms with Gasteiger partial charge in [0.2, 0.25) is 0 Å². The van der Waals surface area contributed by atoms with Gasteiger partial charge in [-0.25, -0.2) is 0 Å². The minimum absolute atomic E-state index is 0.237. The Bertz CT molecular complexity index is 422. The van der Waals surface area contributed by atoms with Crippen LogP contribution < -0.4 is 5.32 Å². The first-order valence-electron chi connectivity index (χ1n) is 6.35. The van der Waals surface area contributed by atoms with Crippen LogP contribution in [0.3, 0.4) is 0 Å². The third-order valence-electron chi connectivity index (χ3n) is 3.34. The molecule has 0 spiro atoms. The van der Waals surface area contributed by atoms with Crippen molar-refractivity contribution in [3.63, 3.8) is 0 Å². The Labute approximate surface area is 107 Å². The van der Waals surface area contributed by atoms with Gasteiger partial charge in [-0.3, -0.25) is 10.1 Å². The molecule has 1 fully saturated rings. The van der Waals surface area contributed by atoms with Gasteiger partial charge in [0.25, 0.3) is 5.69 Å². The number of hydrogen-bond acceptors (Lipinski definition) is 4. The van der Waals surface area contributed by atoms with E-state index in [0.717, 1.165) is 38.2 Å². The maximum Gasteiger partial charge on any atom is 0.272 e. The number of rotatable bonds is 4. The first kappa shape index (κ1) is 13.0. The summed E-state index contributed by atoms with van der Waals surface area (Å²) in [7, 11) is 0.